The highest BCUT2D eigenvalue weighted by molar-refractivity contribution is 5.69. The first kappa shape index (κ1) is 16.5. The smallest absolute Gasteiger partial charge is 0.305 e. The maximum atomic E-state index is 11.4. The van der Waals surface area contributed by atoms with Crippen LogP contribution in [0.1, 0.15) is 73.1 Å². The molecule has 0 saturated heterocycles. The number of rotatable bonds is 8. The lowest BCUT2D eigenvalue weighted by atomic mass is 9.89. The first-order valence-corrected chi connectivity index (χ1v) is 6.97. The number of carbonyl (C=O) groups excluding carboxylic acids is 1. The van der Waals surface area contributed by atoms with Crippen LogP contribution in [0.4, 0.5) is 0 Å². The molecule has 0 bridgehead atoms. The number of esters is 1. The van der Waals surface area contributed by atoms with Crippen molar-refractivity contribution in [3.63, 3.8) is 0 Å². The van der Waals surface area contributed by atoms with E-state index in [1.54, 1.807) is 0 Å². The third-order valence-electron chi connectivity index (χ3n) is 2.77. The minimum absolute atomic E-state index is 0.0265. The largest absolute Gasteiger partial charge is 0.466 e. The van der Waals surface area contributed by atoms with Crippen LogP contribution in [0.3, 0.4) is 0 Å². The molecule has 0 fully saturated rings. The van der Waals surface area contributed by atoms with Crippen molar-refractivity contribution in [2.75, 3.05) is 6.61 Å². The van der Waals surface area contributed by atoms with E-state index in [0.717, 1.165) is 19.3 Å². The Kier molecular flexibility index (Phi) is 8.28. The Hall–Kier alpha value is -0.530. The molecule has 0 heterocycles. The first-order chi connectivity index (χ1) is 7.81. The van der Waals surface area contributed by atoms with Crippen LogP contribution in [0.2, 0.25) is 0 Å². The van der Waals surface area contributed by atoms with Crippen LogP contribution in [0, 0.1) is 11.3 Å². The molecule has 0 aliphatic carbocycles. The van der Waals surface area contributed by atoms with E-state index in [-0.39, 0.29) is 5.97 Å². The fourth-order valence-corrected chi connectivity index (χ4v) is 1.58. The van der Waals surface area contributed by atoms with E-state index in [4.69, 9.17) is 4.74 Å². The minimum Gasteiger partial charge on any atom is -0.466 e. The SMILES string of the molecule is CC(C)CCOC(=O)CCCCCC(C)(C)C. The van der Waals surface area contributed by atoms with Crippen LogP contribution >= 0.6 is 0 Å². The summed E-state index contributed by atoms with van der Waals surface area (Å²) in [5.41, 5.74) is 0.414. The molecule has 0 aliphatic heterocycles. The number of carbonyl (C=O) groups is 1. The van der Waals surface area contributed by atoms with Gasteiger partial charge in [0.2, 0.25) is 0 Å². The molecule has 0 aliphatic rings. The number of ether oxygens (including phenoxy) is 1. The van der Waals surface area contributed by atoms with Gasteiger partial charge >= 0.3 is 5.97 Å². The second-order valence-corrected chi connectivity index (χ2v) is 6.52. The molecule has 17 heavy (non-hydrogen) atoms. The lowest BCUT2D eigenvalue weighted by molar-refractivity contribution is -0.144. The Morgan fingerprint density at radius 3 is 2.29 bits per heavy atom. The fraction of sp³-hybridized carbons (Fsp3) is 0.933. The summed E-state index contributed by atoms with van der Waals surface area (Å²) in [6.45, 7) is 11.6. The number of unbranched alkanes of at least 4 members (excludes halogenated alkanes) is 2. The molecule has 0 unspecified atom stereocenters. The lowest BCUT2D eigenvalue weighted by Crippen LogP contribution is -2.08. The van der Waals surface area contributed by atoms with E-state index < -0.39 is 0 Å². The molecule has 0 aromatic rings. The van der Waals surface area contributed by atoms with E-state index in [1.165, 1.54) is 12.8 Å². The fourth-order valence-electron chi connectivity index (χ4n) is 1.58. The molecule has 0 spiro atoms. The van der Waals surface area contributed by atoms with Crippen molar-refractivity contribution in [3.05, 3.63) is 0 Å². The zero-order chi connectivity index (χ0) is 13.3. The van der Waals surface area contributed by atoms with Gasteiger partial charge in [-0.15, -0.1) is 0 Å². The predicted octanol–water partition coefficient (Wildman–Crippen LogP) is 4.57. The van der Waals surface area contributed by atoms with Crippen molar-refractivity contribution in [3.8, 4) is 0 Å². The molecule has 0 aromatic carbocycles. The average Bonchev–Trinajstić information content (AvgIpc) is 2.14. The van der Waals surface area contributed by atoms with Crippen molar-refractivity contribution in [1.29, 1.82) is 0 Å². The molecule has 2 nitrogen and oxygen atoms in total. The lowest BCUT2D eigenvalue weighted by Gasteiger charge is -2.17. The molecule has 0 saturated carbocycles. The van der Waals surface area contributed by atoms with Crippen LogP contribution in [0.25, 0.3) is 0 Å². The maximum Gasteiger partial charge on any atom is 0.305 e. The summed E-state index contributed by atoms with van der Waals surface area (Å²) in [4.78, 5) is 11.4. The van der Waals surface area contributed by atoms with Gasteiger partial charge in [0, 0.05) is 6.42 Å². The summed E-state index contributed by atoms with van der Waals surface area (Å²) in [5.74, 6) is 0.580. The van der Waals surface area contributed by atoms with Gasteiger partial charge in [-0.2, -0.15) is 0 Å². The van der Waals surface area contributed by atoms with Crippen LogP contribution in [0.15, 0.2) is 0 Å². The van der Waals surface area contributed by atoms with Crippen LogP contribution in [-0.4, -0.2) is 12.6 Å². The van der Waals surface area contributed by atoms with E-state index in [1.807, 2.05) is 0 Å². The summed E-state index contributed by atoms with van der Waals surface area (Å²) in [6.07, 6.45) is 6.10. The van der Waals surface area contributed by atoms with Crippen molar-refractivity contribution >= 4 is 5.97 Å². The van der Waals surface area contributed by atoms with E-state index in [9.17, 15) is 4.79 Å². The Morgan fingerprint density at radius 1 is 1.12 bits per heavy atom. The van der Waals surface area contributed by atoms with Crippen molar-refractivity contribution < 1.29 is 9.53 Å². The zero-order valence-corrected chi connectivity index (χ0v) is 12.3. The van der Waals surface area contributed by atoms with Crippen LogP contribution in [0.5, 0.6) is 0 Å². The van der Waals surface area contributed by atoms with Gasteiger partial charge in [-0.25, -0.2) is 0 Å². The first-order valence-electron chi connectivity index (χ1n) is 6.97. The molecule has 0 aromatic heterocycles. The Labute approximate surface area is 107 Å². The van der Waals surface area contributed by atoms with Gasteiger partial charge in [0.15, 0.2) is 0 Å². The number of hydrogen-bond acceptors (Lipinski definition) is 2. The molecule has 0 atom stereocenters. The maximum absolute atomic E-state index is 11.4. The predicted molar refractivity (Wildman–Crippen MR) is 73.0 cm³/mol. The average molecular weight is 242 g/mol. The van der Waals surface area contributed by atoms with Gasteiger partial charge in [-0.05, 0) is 30.6 Å². The van der Waals surface area contributed by atoms with Crippen LogP contribution < -0.4 is 0 Å². The van der Waals surface area contributed by atoms with E-state index in [0.29, 0.717) is 24.4 Å². The summed E-state index contributed by atoms with van der Waals surface area (Å²) >= 11 is 0. The van der Waals surface area contributed by atoms with Gasteiger partial charge in [0.05, 0.1) is 6.61 Å². The second-order valence-electron chi connectivity index (χ2n) is 6.52. The monoisotopic (exact) mass is 242 g/mol. The normalized spacial score (nSPS) is 11.9. The van der Waals surface area contributed by atoms with Crippen LogP contribution in [-0.2, 0) is 9.53 Å². The zero-order valence-electron chi connectivity index (χ0n) is 12.3. The van der Waals surface area contributed by atoms with Gasteiger partial charge in [-0.3, -0.25) is 4.79 Å². The molecule has 0 radical (unpaired) electrons. The summed E-state index contributed by atoms with van der Waals surface area (Å²) in [5, 5.41) is 0. The summed E-state index contributed by atoms with van der Waals surface area (Å²) in [7, 11) is 0. The highest BCUT2D eigenvalue weighted by atomic mass is 16.5. The van der Waals surface area contributed by atoms with Gasteiger partial charge in [-0.1, -0.05) is 47.5 Å². The van der Waals surface area contributed by atoms with E-state index >= 15 is 0 Å². The molecule has 102 valence electrons. The second kappa shape index (κ2) is 8.54. The van der Waals surface area contributed by atoms with Gasteiger partial charge in [0.25, 0.3) is 0 Å². The molecular weight excluding hydrogens is 212 g/mol. The van der Waals surface area contributed by atoms with Crippen molar-refractivity contribution in [2.24, 2.45) is 11.3 Å². The molecule has 0 amide bonds. The topological polar surface area (TPSA) is 26.3 Å². The number of hydrogen-bond donors (Lipinski definition) is 0. The molecule has 0 rings (SSSR count). The summed E-state index contributed by atoms with van der Waals surface area (Å²) < 4.78 is 5.16. The third kappa shape index (κ3) is 13.4. The Balaban J connectivity index is 3.34. The quantitative estimate of drug-likeness (QED) is 0.460. The molecule has 2 heteroatoms. The molecule has 0 N–H and O–H groups in total. The van der Waals surface area contributed by atoms with Gasteiger partial charge < -0.3 is 4.74 Å². The van der Waals surface area contributed by atoms with E-state index in [2.05, 4.69) is 34.6 Å². The Bertz CT molecular complexity index is 201. The minimum atomic E-state index is -0.0265. The third-order valence-corrected chi connectivity index (χ3v) is 2.77. The standard InChI is InChI=1S/C15H30O2/c1-13(2)10-12-17-14(16)9-7-6-8-11-15(3,4)5/h13H,6-12H2,1-5H3. The van der Waals surface area contributed by atoms with Crippen molar-refractivity contribution in [2.45, 2.75) is 73.1 Å². The van der Waals surface area contributed by atoms with Gasteiger partial charge in [0.1, 0.15) is 0 Å². The Morgan fingerprint density at radius 2 is 1.76 bits per heavy atom. The molecular formula is C15H30O2. The summed E-state index contributed by atoms with van der Waals surface area (Å²) in [6, 6.07) is 0. The van der Waals surface area contributed by atoms with Crippen molar-refractivity contribution in [1.82, 2.24) is 0 Å². The highest BCUT2D eigenvalue weighted by Crippen LogP contribution is 2.22. The highest BCUT2D eigenvalue weighted by Gasteiger charge is 2.09.